The molecule has 1 aliphatic heterocycles. The highest BCUT2D eigenvalue weighted by atomic mass is 16.2. The molecule has 1 aromatic rings. The molecule has 6 heteroatoms. The number of nitrogens with zero attached hydrogens (tertiary/aromatic N) is 4. The van der Waals surface area contributed by atoms with Crippen LogP contribution < -0.4 is 0 Å². The second-order valence-electron chi connectivity index (χ2n) is 7.87. The van der Waals surface area contributed by atoms with Gasteiger partial charge in [-0.05, 0) is 24.7 Å². The first-order valence-electron chi connectivity index (χ1n) is 9.62. The standard InChI is InChI=1S/C19H30N4O2/c1-15(2)13-23-14-17(12-20-23)19(25)22-9-7-21(8-10-22)18(24)11-16-5-3-4-6-16/h12,14-16H,3-11,13H2,1-2H3. The monoisotopic (exact) mass is 346 g/mol. The van der Waals surface area contributed by atoms with Gasteiger partial charge >= 0.3 is 0 Å². The van der Waals surface area contributed by atoms with Crippen LogP contribution in [0.15, 0.2) is 12.4 Å². The van der Waals surface area contributed by atoms with Crippen LogP contribution in [0.3, 0.4) is 0 Å². The Bertz CT molecular complexity index is 596. The Balaban J connectivity index is 1.48. The van der Waals surface area contributed by atoms with Gasteiger partial charge in [0, 0.05) is 45.3 Å². The lowest BCUT2D eigenvalue weighted by Gasteiger charge is -2.35. The molecule has 0 aromatic carbocycles. The van der Waals surface area contributed by atoms with E-state index < -0.39 is 0 Å². The minimum absolute atomic E-state index is 0.0258. The van der Waals surface area contributed by atoms with Crippen molar-refractivity contribution >= 4 is 11.8 Å². The van der Waals surface area contributed by atoms with Crippen molar-refractivity contribution in [3.05, 3.63) is 18.0 Å². The molecule has 0 atom stereocenters. The highest BCUT2D eigenvalue weighted by molar-refractivity contribution is 5.94. The minimum Gasteiger partial charge on any atom is -0.339 e. The number of rotatable bonds is 5. The van der Waals surface area contributed by atoms with E-state index in [1.165, 1.54) is 25.7 Å². The van der Waals surface area contributed by atoms with E-state index in [-0.39, 0.29) is 11.8 Å². The van der Waals surface area contributed by atoms with Crippen molar-refractivity contribution < 1.29 is 9.59 Å². The first kappa shape index (κ1) is 18.0. The minimum atomic E-state index is 0.0258. The molecule has 2 fully saturated rings. The van der Waals surface area contributed by atoms with Gasteiger partial charge in [0.2, 0.25) is 5.91 Å². The zero-order chi connectivity index (χ0) is 17.8. The molecule has 2 aliphatic rings. The predicted octanol–water partition coefficient (Wildman–Crippen LogP) is 2.40. The van der Waals surface area contributed by atoms with Gasteiger partial charge in [0.25, 0.3) is 5.91 Å². The van der Waals surface area contributed by atoms with Crippen LogP contribution in [0.2, 0.25) is 0 Å². The summed E-state index contributed by atoms with van der Waals surface area (Å²) in [6.45, 7) is 7.61. The van der Waals surface area contributed by atoms with Crippen molar-refractivity contribution in [1.29, 1.82) is 0 Å². The molecule has 0 spiro atoms. The van der Waals surface area contributed by atoms with Gasteiger partial charge in [-0.15, -0.1) is 0 Å². The van der Waals surface area contributed by atoms with E-state index in [9.17, 15) is 9.59 Å². The first-order chi connectivity index (χ1) is 12.0. The molecule has 1 saturated heterocycles. The molecule has 3 rings (SSSR count). The van der Waals surface area contributed by atoms with E-state index >= 15 is 0 Å². The van der Waals surface area contributed by atoms with Crippen LogP contribution in [0.4, 0.5) is 0 Å². The fraction of sp³-hybridized carbons (Fsp3) is 0.737. The third-order valence-corrected chi connectivity index (χ3v) is 5.29. The number of aromatic nitrogens is 2. The maximum absolute atomic E-state index is 12.6. The number of amides is 2. The summed E-state index contributed by atoms with van der Waals surface area (Å²) in [5.41, 5.74) is 0.645. The molecule has 1 saturated carbocycles. The summed E-state index contributed by atoms with van der Waals surface area (Å²) in [6, 6.07) is 0. The van der Waals surface area contributed by atoms with Gasteiger partial charge in [0.05, 0.1) is 11.8 Å². The molecular formula is C19H30N4O2. The number of carbonyl (C=O) groups excluding carboxylic acids is 2. The molecule has 138 valence electrons. The zero-order valence-corrected chi connectivity index (χ0v) is 15.5. The molecule has 0 bridgehead atoms. The molecule has 2 heterocycles. The molecule has 1 aliphatic carbocycles. The molecule has 6 nitrogen and oxygen atoms in total. The Kier molecular flexibility index (Phi) is 5.76. The summed E-state index contributed by atoms with van der Waals surface area (Å²) in [4.78, 5) is 28.8. The topological polar surface area (TPSA) is 58.4 Å². The van der Waals surface area contributed by atoms with Crippen molar-refractivity contribution in [3.8, 4) is 0 Å². The Morgan fingerprint density at radius 2 is 1.76 bits per heavy atom. The van der Waals surface area contributed by atoms with E-state index in [4.69, 9.17) is 0 Å². The molecule has 0 radical (unpaired) electrons. The summed E-state index contributed by atoms with van der Waals surface area (Å²) in [7, 11) is 0. The van der Waals surface area contributed by atoms with Crippen molar-refractivity contribution in [2.45, 2.75) is 52.5 Å². The van der Waals surface area contributed by atoms with E-state index in [2.05, 4.69) is 18.9 Å². The van der Waals surface area contributed by atoms with Gasteiger partial charge in [-0.25, -0.2) is 0 Å². The quantitative estimate of drug-likeness (QED) is 0.823. The van der Waals surface area contributed by atoms with Crippen LogP contribution in [-0.2, 0) is 11.3 Å². The molecular weight excluding hydrogens is 316 g/mol. The maximum Gasteiger partial charge on any atom is 0.257 e. The average molecular weight is 346 g/mol. The SMILES string of the molecule is CC(C)Cn1cc(C(=O)N2CCN(C(=O)CC3CCCC3)CC2)cn1. The molecule has 2 amide bonds. The predicted molar refractivity (Wildman–Crippen MR) is 96.1 cm³/mol. The molecule has 0 unspecified atom stereocenters. The van der Waals surface area contributed by atoms with Crippen LogP contribution in [0, 0.1) is 11.8 Å². The zero-order valence-electron chi connectivity index (χ0n) is 15.5. The van der Waals surface area contributed by atoms with Gasteiger partial charge in [-0.3, -0.25) is 14.3 Å². The summed E-state index contributed by atoms with van der Waals surface area (Å²) >= 11 is 0. The molecule has 0 N–H and O–H groups in total. The Morgan fingerprint density at radius 1 is 1.12 bits per heavy atom. The maximum atomic E-state index is 12.6. The number of hydrogen-bond donors (Lipinski definition) is 0. The van der Waals surface area contributed by atoms with Crippen molar-refractivity contribution in [3.63, 3.8) is 0 Å². The van der Waals surface area contributed by atoms with E-state index in [1.54, 1.807) is 6.20 Å². The second-order valence-corrected chi connectivity index (χ2v) is 7.87. The van der Waals surface area contributed by atoms with Crippen molar-refractivity contribution in [2.75, 3.05) is 26.2 Å². The summed E-state index contributed by atoms with van der Waals surface area (Å²) < 4.78 is 1.83. The van der Waals surface area contributed by atoms with Crippen LogP contribution in [-0.4, -0.2) is 57.6 Å². The van der Waals surface area contributed by atoms with Gasteiger partial charge in [-0.1, -0.05) is 26.7 Å². The normalized spacial score (nSPS) is 19.0. The summed E-state index contributed by atoms with van der Waals surface area (Å²) in [5, 5.41) is 4.28. The number of hydrogen-bond acceptors (Lipinski definition) is 3. The highest BCUT2D eigenvalue weighted by Gasteiger charge is 2.27. The second kappa shape index (κ2) is 8.02. The van der Waals surface area contributed by atoms with Gasteiger partial charge in [0.15, 0.2) is 0 Å². The Labute approximate surface area is 150 Å². The van der Waals surface area contributed by atoms with Crippen LogP contribution in [0.5, 0.6) is 0 Å². The third kappa shape index (κ3) is 4.61. The molecule has 1 aromatic heterocycles. The van der Waals surface area contributed by atoms with Crippen molar-refractivity contribution in [1.82, 2.24) is 19.6 Å². The van der Waals surface area contributed by atoms with Crippen molar-refractivity contribution in [2.24, 2.45) is 11.8 Å². The molecule has 25 heavy (non-hydrogen) atoms. The summed E-state index contributed by atoms with van der Waals surface area (Å²) in [6.07, 6.45) is 9.11. The van der Waals surface area contributed by atoms with Crippen LogP contribution >= 0.6 is 0 Å². The van der Waals surface area contributed by atoms with Crippen LogP contribution in [0.1, 0.15) is 56.3 Å². The van der Waals surface area contributed by atoms with E-state index in [0.717, 1.165) is 6.54 Å². The first-order valence-corrected chi connectivity index (χ1v) is 9.62. The lowest BCUT2D eigenvalue weighted by Crippen LogP contribution is -2.50. The largest absolute Gasteiger partial charge is 0.339 e. The van der Waals surface area contributed by atoms with Gasteiger partial charge in [0.1, 0.15) is 0 Å². The fourth-order valence-corrected chi connectivity index (χ4v) is 3.88. The number of piperazine rings is 1. The summed E-state index contributed by atoms with van der Waals surface area (Å²) in [5.74, 6) is 1.37. The number of carbonyl (C=O) groups is 2. The highest BCUT2D eigenvalue weighted by Crippen LogP contribution is 2.28. The fourth-order valence-electron chi connectivity index (χ4n) is 3.88. The Morgan fingerprint density at radius 3 is 2.40 bits per heavy atom. The van der Waals surface area contributed by atoms with Gasteiger partial charge in [-0.2, -0.15) is 5.10 Å². The van der Waals surface area contributed by atoms with E-state index in [0.29, 0.717) is 50.0 Å². The average Bonchev–Trinajstić information content (AvgIpc) is 3.26. The Hall–Kier alpha value is -1.85. The third-order valence-electron chi connectivity index (χ3n) is 5.29. The van der Waals surface area contributed by atoms with Crippen LogP contribution in [0.25, 0.3) is 0 Å². The van der Waals surface area contributed by atoms with E-state index in [1.807, 2.05) is 20.7 Å². The lowest BCUT2D eigenvalue weighted by molar-refractivity contribution is -0.133. The smallest absolute Gasteiger partial charge is 0.257 e. The lowest BCUT2D eigenvalue weighted by atomic mass is 10.0. The van der Waals surface area contributed by atoms with Gasteiger partial charge < -0.3 is 9.80 Å².